The average molecular weight is 382 g/mol. The number of benzene rings is 2. The van der Waals surface area contributed by atoms with E-state index in [2.05, 4.69) is 24.5 Å². The number of nitrogens with one attached hydrogen (secondary N) is 2. The molecule has 1 aliphatic heterocycles. The predicted molar refractivity (Wildman–Crippen MR) is 108 cm³/mol. The summed E-state index contributed by atoms with van der Waals surface area (Å²) in [6.07, 6.45) is 2.62. The highest BCUT2D eigenvalue weighted by molar-refractivity contribution is 5.96. The molecule has 0 aromatic heterocycles. The zero-order valence-corrected chi connectivity index (χ0v) is 16.7. The number of hydrogen-bond acceptors (Lipinski definition) is 3. The van der Waals surface area contributed by atoms with Crippen LogP contribution in [0.15, 0.2) is 30.3 Å². The summed E-state index contributed by atoms with van der Waals surface area (Å²) in [7, 11) is 0. The summed E-state index contributed by atoms with van der Waals surface area (Å²) in [5, 5.41) is 6.20. The van der Waals surface area contributed by atoms with Gasteiger partial charge >= 0.3 is 0 Å². The van der Waals surface area contributed by atoms with E-state index in [0.29, 0.717) is 18.8 Å². The first-order chi connectivity index (χ1) is 13.4. The van der Waals surface area contributed by atoms with Crippen LogP contribution in [0.25, 0.3) is 0 Å². The van der Waals surface area contributed by atoms with Gasteiger partial charge in [0, 0.05) is 12.2 Å². The maximum Gasteiger partial charge on any atom is 0.246 e. The van der Waals surface area contributed by atoms with Crippen LogP contribution in [0.4, 0.5) is 10.1 Å². The number of halogens is 1. The Morgan fingerprint density at radius 2 is 2.07 bits per heavy atom. The van der Waals surface area contributed by atoms with Gasteiger partial charge in [-0.3, -0.25) is 4.79 Å². The van der Waals surface area contributed by atoms with E-state index in [1.807, 2.05) is 31.2 Å². The molecule has 1 heterocycles. The Balaban J connectivity index is 1.57. The third-order valence-corrected chi connectivity index (χ3v) is 5.88. The quantitative estimate of drug-likeness (QED) is 0.830. The van der Waals surface area contributed by atoms with Gasteiger partial charge in [0.05, 0.1) is 6.61 Å². The lowest BCUT2D eigenvalue weighted by Crippen LogP contribution is -2.38. The van der Waals surface area contributed by atoms with Crippen LogP contribution in [0.5, 0.6) is 5.75 Å². The van der Waals surface area contributed by atoms with Crippen LogP contribution >= 0.6 is 0 Å². The van der Waals surface area contributed by atoms with Gasteiger partial charge in [0.2, 0.25) is 5.91 Å². The van der Waals surface area contributed by atoms with Gasteiger partial charge in [-0.2, -0.15) is 0 Å². The molecule has 2 N–H and O–H groups in total. The highest BCUT2D eigenvalue weighted by Gasteiger charge is 2.33. The number of anilines is 1. The van der Waals surface area contributed by atoms with Crippen molar-refractivity contribution >= 4 is 11.6 Å². The monoisotopic (exact) mass is 382 g/mol. The van der Waals surface area contributed by atoms with Crippen molar-refractivity contribution in [2.24, 2.45) is 0 Å². The summed E-state index contributed by atoms with van der Waals surface area (Å²) in [5.41, 5.74) is 4.23. The molecule has 0 fully saturated rings. The lowest BCUT2D eigenvalue weighted by Gasteiger charge is -2.27. The van der Waals surface area contributed by atoms with Crippen molar-refractivity contribution in [3.63, 3.8) is 0 Å². The van der Waals surface area contributed by atoms with E-state index in [1.54, 1.807) is 0 Å². The third kappa shape index (κ3) is 3.39. The van der Waals surface area contributed by atoms with Crippen molar-refractivity contribution < 1.29 is 13.9 Å². The van der Waals surface area contributed by atoms with Crippen molar-refractivity contribution in [3.05, 3.63) is 58.4 Å². The molecule has 148 valence electrons. The SMILES string of the molecule is CCOc1ccc2c(c1)CCNC2C(=O)Nc1cc(F)c2c(c1)CCC2(C)C. The predicted octanol–water partition coefficient (Wildman–Crippen LogP) is 4.27. The van der Waals surface area contributed by atoms with Crippen LogP contribution in [0, 0.1) is 5.82 Å². The molecule has 0 saturated carbocycles. The molecule has 1 unspecified atom stereocenters. The van der Waals surface area contributed by atoms with Crippen molar-refractivity contribution in [2.75, 3.05) is 18.5 Å². The van der Waals surface area contributed by atoms with Gasteiger partial charge in [-0.1, -0.05) is 19.9 Å². The molecular formula is C23H27FN2O2. The number of aryl methyl sites for hydroxylation is 1. The number of amides is 1. The van der Waals surface area contributed by atoms with Crippen molar-refractivity contribution in [3.8, 4) is 5.75 Å². The molecule has 1 amide bonds. The fraction of sp³-hybridized carbons (Fsp3) is 0.435. The molecule has 4 rings (SSSR count). The molecule has 4 nitrogen and oxygen atoms in total. The minimum atomic E-state index is -0.452. The Morgan fingerprint density at radius 3 is 2.86 bits per heavy atom. The molecule has 2 aliphatic rings. The van der Waals surface area contributed by atoms with Gasteiger partial charge in [0.25, 0.3) is 0 Å². The third-order valence-electron chi connectivity index (χ3n) is 5.88. The van der Waals surface area contributed by atoms with E-state index in [0.717, 1.165) is 47.3 Å². The highest BCUT2D eigenvalue weighted by atomic mass is 19.1. The first kappa shape index (κ1) is 18.9. The molecule has 0 bridgehead atoms. The fourth-order valence-electron chi connectivity index (χ4n) is 4.51. The molecule has 1 atom stereocenters. The van der Waals surface area contributed by atoms with E-state index in [4.69, 9.17) is 4.74 Å². The second-order valence-electron chi connectivity index (χ2n) is 8.30. The van der Waals surface area contributed by atoms with Gasteiger partial charge in [0.1, 0.15) is 17.6 Å². The van der Waals surface area contributed by atoms with Crippen LogP contribution < -0.4 is 15.4 Å². The summed E-state index contributed by atoms with van der Waals surface area (Å²) >= 11 is 0. The second kappa shape index (κ2) is 7.21. The van der Waals surface area contributed by atoms with Crippen LogP contribution in [-0.4, -0.2) is 19.1 Å². The van der Waals surface area contributed by atoms with Gasteiger partial charge in [-0.15, -0.1) is 0 Å². The maximum absolute atomic E-state index is 14.7. The minimum absolute atomic E-state index is 0.149. The smallest absolute Gasteiger partial charge is 0.246 e. The Labute approximate surface area is 165 Å². The van der Waals surface area contributed by atoms with Crippen molar-refractivity contribution in [1.82, 2.24) is 5.32 Å². The van der Waals surface area contributed by atoms with Gasteiger partial charge < -0.3 is 15.4 Å². The summed E-state index contributed by atoms with van der Waals surface area (Å²) < 4.78 is 20.3. The Morgan fingerprint density at radius 1 is 1.25 bits per heavy atom. The van der Waals surface area contributed by atoms with Crippen LogP contribution in [-0.2, 0) is 23.1 Å². The summed E-state index contributed by atoms with van der Waals surface area (Å²) in [4.78, 5) is 13.0. The summed E-state index contributed by atoms with van der Waals surface area (Å²) in [6.45, 7) is 7.42. The topological polar surface area (TPSA) is 50.4 Å². The van der Waals surface area contributed by atoms with Crippen LogP contribution in [0.3, 0.4) is 0 Å². The number of carbonyl (C=O) groups is 1. The van der Waals surface area contributed by atoms with Gasteiger partial charge in [-0.25, -0.2) is 4.39 Å². The number of hydrogen-bond donors (Lipinski definition) is 2. The van der Waals surface area contributed by atoms with Gasteiger partial charge in [0.15, 0.2) is 0 Å². The second-order valence-corrected chi connectivity index (χ2v) is 8.30. The van der Waals surface area contributed by atoms with Crippen LogP contribution in [0.1, 0.15) is 55.5 Å². The highest BCUT2D eigenvalue weighted by Crippen LogP contribution is 2.41. The van der Waals surface area contributed by atoms with E-state index in [9.17, 15) is 9.18 Å². The zero-order chi connectivity index (χ0) is 19.9. The molecule has 2 aromatic rings. The van der Waals surface area contributed by atoms with Crippen molar-refractivity contribution in [2.45, 2.75) is 51.5 Å². The molecule has 1 aliphatic carbocycles. The van der Waals surface area contributed by atoms with E-state index in [1.165, 1.54) is 6.07 Å². The Hall–Kier alpha value is -2.40. The number of ether oxygens (including phenoxy) is 1. The standard InChI is InChI=1S/C23H27FN2O2/c1-4-28-17-5-6-18-14(12-17)8-10-25-21(18)22(27)26-16-11-15-7-9-23(2,3)20(15)19(24)13-16/h5-6,11-13,21,25H,4,7-10H2,1-3H3,(H,26,27). The molecular weight excluding hydrogens is 355 g/mol. The number of carbonyl (C=O) groups excluding carboxylic acids is 1. The van der Waals surface area contributed by atoms with Crippen LogP contribution in [0.2, 0.25) is 0 Å². The molecule has 0 spiro atoms. The Kier molecular flexibility index (Phi) is 4.88. The largest absolute Gasteiger partial charge is 0.494 e. The minimum Gasteiger partial charge on any atom is -0.494 e. The number of fused-ring (bicyclic) bond motifs is 2. The van der Waals surface area contributed by atoms with Crippen molar-refractivity contribution in [1.29, 1.82) is 0 Å². The number of rotatable bonds is 4. The molecule has 0 saturated heterocycles. The summed E-state index contributed by atoms with van der Waals surface area (Å²) in [6, 6.07) is 8.78. The first-order valence-corrected chi connectivity index (χ1v) is 10.0. The lowest BCUT2D eigenvalue weighted by atomic mass is 9.86. The normalized spacial score (nSPS) is 19.6. The van der Waals surface area contributed by atoms with E-state index >= 15 is 0 Å². The zero-order valence-electron chi connectivity index (χ0n) is 16.7. The van der Waals surface area contributed by atoms with E-state index in [-0.39, 0.29) is 17.1 Å². The average Bonchev–Trinajstić information content (AvgIpc) is 2.96. The molecule has 2 aromatic carbocycles. The molecule has 0 radical (unpaired) electrons. The lowest BCUT2D eigenvalue weighted by molar-refractivity contribution is -0.118. The fourth-order valence-corrected chi connectivity index (χ4v) is 4.51. The first-order valence-electron chi connectivity index (χ1n) is 10.0. The van der Waals surface area contributed by atoms with Gasteiger partial charge in [-0.05, 0) is 78.1 Å². The maximum atomic E-state index is 14.7. The molecule has 28 heavy (non-hydrogen) atoms. The Bertz CT molecular complexity index is 923. The molecule has 5 heteroatoms. The summed E-state index contributed by atoms with van der Waals surface area (Å²) in [5.74, 6) is 0.431. The van der Waals surface area contributed by atoms with E-state index < -0.39 is 6.04 Å².